The molecule has 0 aromatic heterocycles. The molecule has 1 aromatic rings. The molecule has 1 aromatic carbocycles. The summed E-state index contributed by atoms with van der Waals surface area (Å²) in [5.41, 5.74) is 2.00. The monoisotopic (exact) mass is 307 g/mol. The minimum atomic E-state index is -0.395. The first-order chi connectivity index (χ1) is 10.1. The summed E-state index contributed by atoms with van der Waals surface area (Å²) in [6.45, 7) is 2.00. The minimum Gasteiger partial charge on any atom is -0.334 e. The number of amides is 1. The number of nitro benzene ring substituents is 1. The Morgan fingerprint density at radius 2 is 2.24 bits per heavy atom. The van der Waals surface area contributed by atoms with E-state index in [-0.39, 0.29) is 17.6 Å². The summed E-state index contributed by atoms with van der Waals surface area (Å²) in [5, 5.41) is 14.2. The van der Waals surface area contributed by atoms with Crippen LogP contribution in [0.3, 0.4) is 0 Å². The molecule has 0 saturated carbocycles. The molecule has 2 aliphatic heterocycles. The summed E-state index contributed by atoms with van der Waals surface area (Å²) in [4.78, 5) is 24.5. The fourth-order valence-electron chi connectivity index (χ4n) is 2.76. The second-order valence-electron chi connectivity index (χ2n) is 5.39. The van der Waals surface area contributed by atoms with Crippen LogP contribution in [-0.4, -0.2) is 39.8 Å². The van der Waals surface area contributed by atoms with Crippen molar-refractivity contribution in [3.63, 3.8) is 0 Å². The second kappa shape index (κ2) is 6.03. The molecule has 1 amide bonds. The SMILES string of the molecule is O=C(C[C@H]1CSCCN1)N1Cc2ccc([N+](=O)[O-])cc2C1. The van der Waals surface area contributed by atoms with Gasteiger partial charge < -0.3 is 10.2 Å². The number of hydrogen-bond acceptors (Lipinski definition) is 5. The van der Waals surface area contributed by atoms with Crippen LogP contribution in [0.2, 0.25) is 0 Å². The highest BCUT2D eigenvalue weighted by Crippen LogP contribution is 2.27. The van der Waals surface area contributed by atoms with E-state index in [2.05, 4.69) is 5.32 Å². The second-order valence-corrected chi connectivity index (χ2v) is 6.54. The molecule has 1 saturated heterocycles. The van der Waals surface area contributed by atoms with E-state index in [0.717, 1.165) is 29.2 Å². The zero-order chi connectivity index (χ0) is 14.8. The maximum absolute atomic E-state index is 12.3. The molecular formula is C14H17N3O3S. The predicted molar refractivity (Wildman–Crippen MR) is 81.1 cm³/mol. The standard InChI is InChI=1S/C14H17N3O3S/c18-14(6-12-9-21-4-3-15-12)16-7-10-1-2-13(17(19)20)5-11(10)8-16/h1-2,5,12,15H,3-4,6-9H2/t12-/m0/s1. The van der Waals surface area contributed by atoms with Crippen molar-refractivity contribution in [3.8, 4) is 0 Å². The maximum atomic E-state index is 12.3. The predicted octanol–water partition coefficient (Wildman–Crippen LogP) is 1.53. The average Bonchev–Trinajstić information content (AvgIpc) is 2.91. The number of carbonyl (C=O) groups is 1. The third-order valence-corrected chi connectivity index (χ3v) is 5.03. The number of nitrogens with zero attached hydrogens (tertiary/aromatic N) is 2. The van der Waals surface area contributed by atoms with Crippen molar-refractivity contribution >= 4 is 23.4 Å². The first-order valence-corrected chi connectivity index (χ1v) is 8.14. The third-order valence-electron chi connectivity index (χ3n) is 3.90. The van der Waals surface area contributed by atoms with Gasteiger partial charge in [-0.1, -0.05) is 6.07 Å². The van der Waals surface area contributed by atoms with Gasteiger partial charge in [0.2, 0.25) is 5.91 Å². The van der Waals surface area contributed by atoms with Gasteiger partial charge in [0, 0.05) is 55.7 Å². The molecule has 0 bridgehead atoms. The van der Waals surface area contributed by atoms with Gasteiger partial charge in [0.25, 0.3) is 5.69 Å². The Labute approximate surface area is 127 Å². The number of carbonyl (C=O) groups excluding carboxylic acids is 1. The van der Waals surface area contributed by atoms with Gasteiger partial charge >= 0.3 is 0 Å². The number of non-ortho nitro benzene ring substituents is 1. The lowest BCUT2D eigenvalue weighted by atomic mass is 10.1. The molecule has 7 heteroatoms. The van der Waals surface area contributed by atoms with E-state index in [9.17, 15) is 14.9 Å². The number of rotatable bonds is 3. The molecule has 1 atom stereocenters. The number of nitrogens with one attached hydrogen (secondary N) is 1. The number of benzene rings is 1. The molecule has 0 spiro atoms. The van der Waals surface area contributed by atoms with Crippen molar-refractivity contribution in [2.75, 3.05) is 18.1 Å². The minimum absolute atomic E-state index is 0.0911. The zero-order valence-corrected chi connectivity index (χ0v) is 12.4. The molecule has 2 heterocycles. The van der Waals surface area contributed by atoms with Gasteiger partial charge in [0.1, 0.15) is 0 Å². The molecule has 3 rings (SSSR count). The lowest BCUT2D eigenvalue weighted by molar-refractivity contribution is -0.384. The first kappa shape index (κ1) is 14.3. The van der Waals surface area contributed by atoms with Crippen molar-refractivity contribution < 1.29 is 9.72 Å². The third kappa shape index (κ3) is 3.19. The Balaban J connectivity index is 1.63. The summed E-state index contributed by atoms with van der Waals surface area (Å²) in [5.74, 6) is 2.19. The van der Waals surface area contributed by atoms with E-state index in [1.54, 1.807) is 17.0 Å². The highest BCUT2D eigenvalue weighted by Gasteiger charge is 2.27. The van der Waals surface area contributed by atoms with Crippen LogP contribution < -0.4 is 5.32 Å². The highest BCUT2D eigenvalue weighted by molar-refractivity contribution is 7.99. The lowest BCUT2D eigenvalue weighted by Gasteiger charge is -2.25. The Morgan fingerprint density at radius 3 is 2.95 bits per heavy atom. The van der Waals surface area contributed by atoms with Gasteiger partial charge in [-0.2, -0.15) is 11.8 Å². The van der Waals surface area contributed by atoms with Gasteiger partial charge in [-0.15, -0.1) is 0 Å². The van der Waals surface area contributed by atoms with Crippen LogP contribution in [0.25, 0.3) is 0 Å². The fourth-order valence-corrected chi connectivity index (χ4v) is 3.71. The number of hydrogen-bond donors (Lipinski definition) is 1. The van der Waals surface area contributed by atoms with Crippen LogP contribution in [0.4, 0.5) is 5.69 Å². The molecule has 1 fully saturated rings. The molecule has 1 N–H and O–H groups in total. The van der Waals surface area contributed by atoms with Gasteiger partial charge in [0.05, 0.1) is 4.92 Å². The van der Waals surface area contributed by atoms with Gasteiger partial charge in [-0.05, 0) is 11.1 Å². The van der Waals surface area contributed by atoms with Crippen LogP contribution in [0.15, 0.2) is 18.2 Å². The van der Waals surface area contributed by atoms with Crippen LogP contribution in [0, 0.1) is 10.1 Å². The molecule has 112 valence electrons. The zero-order valence-electron chi connectivity index (χ0n) is 11.6. The van der Waals surface area contributed by atoms with Gasteiger partial charge in [-0.25, -0.2) is 0 Å². The van der Waals surface area contributed by atoms with E-state index in [4.69, 9.17) is 0 Å². The topological polar surface area (TPSA) is 75.5 Å². The average molecular weight is 307 g/mol. The Morgan fingerprint density at radius 1 is 1.43 bits per heavy atom. The molecule has 6 nitrogen and oxygen atoms in total. The van der Waals surface area contributed by atoms with E-state index < -0.39 is 4.92 Å². The summed E-state index contributed by atoms with van der Waals surface area (Å²) in [7, 11) is 0. The van der Waals surface area contributed by atoms with E-state index >= 15 is 0 Å². The quantitative estimate of drug-likeness (QED) is 0.677. The molecular weight excluding hydrogens is 290 g/mol. The van der Waals surface area contributed by atoms with Crippen LogP contribution >= 0.6 is 11.8 Å². The van der Waals surface area contributed by atoms with Crippen molar-refractivity contribution in [1.82, 2.24) is 10.2 Å². The molecule has 0 unspecified atom stereocenters. The van der Waals surface area contributed by atoms with Crippen molar-refractivity contribution in [2.45, 2.75) is 25.6 Å². The summed E-state index contributed by atoms with van der Waals surface area (Å²) in [6, 6.07) is 5.09. The van der Waals surface area contributed by atoms with Crippen LogP contribution in [0.1, 0.15) is 17.5 Å². The Hall–Kier alpha value is -1.60. The highest BCUT2D eigenvalue weighted by atomic mass is 32.2. The smallest absolute Gasteiger partial charge is 0.269 e. The van der Waals surface area contributed by atoms with Gasteiger partial charge in [0.15, 0.2) is 0 Å². The first-order valence-electron chi connectivity index (χ1n) is 6.98. The number of thioether (sulfide) groups is 1. The largest absolute Gasteiger partial charge is 0.334 e. The summed E-state index contributed by atoms with van der Waals surface area (Å²) >= 11 is 1.87. The molecule has 2 aliphatic rings. The summed E-state index contributed by atoms with van der Waals surface area (Å²) < 4.78 is 0. The molecule has 0 aliphatic carbocycles. The van der Waals surface area contributed by atoms with Crippen LogP contribution in [0.5, 0.6) is 0 Å². The maximum Gasteiger partial charge on any atom is 0.269 e. The lowest BCUT2D eigenvalue weighted by Crippen LogP contribution is -2.41. The van der Waals surface area contributed by atoms with Crippen molar-refractivity contribution in [2.24, 2.45) is 0 Å². The molecule has 0 radical (unpaired) electrons. The number of nitro groups is 1. The van der Waals surface area contributed by atoms with Crippen LogP contribution in [-0.2, 0) is 17.9 Å². The number of fused-ring (bicyclic) bond motifs is 1. The van der Waals surface area contributed by atoms with E-state index in [1.165, 1.54) is 6.07 Å². The molecule has 21 heavy (non-hydrogen) atoms. The Bertz CT molecular complexity index is 573. The summed E-state index contributed by atoms with van der Waals surface area (Å²) in [6.07, 6.45) is 0.503. The fraction of sp³-hybridized carbons (Fsp3) is 0.500. The normalized spacial score (nSPS) is 21.1. The van der Waals surface area contributed by atoms with E-state index in [1.807, 2.05) is 11.8 Å². The van der Waals surface area contributed by atoms with Gasteiger partial charge in [-0.3, -0.25) is 14.9 Å². The van der Waals surface area contributed by atoms with Crippen molar-refractivity contribution in [1.29, 1.82) is 0 Å². The Kier molecular flexibility index (Phi) is 4.12. The van der Waals surface area contributed by atoms with Crippen molar-refractivity contribution in [3.05, 3.63) is 39.4 Å². The van der Waals surface area contributed by atoms with E-state index in [0.29, 0.717) is 19.5 Å².